The zero-order valence-electron chi connectivity index (χ0n) is 12.7. The number of nitrogens with one attached hydrogen (secondary N) is 1. The molecule has 2 N–H and O–H groups in total. The predicted molar refractivity (Wildman–Crippen MR) is 78.1 cm³/mol. The minimum absolute atomic E-state index is 0.288. The van der Waals surface area contributed by atoms with Crippen LogP contribution in [-0.4, -0.2) is 53.8 Å². The van der Waals surface area contributed by atoms with E-state index in [0.29, 0.717) is 38.1 Å². The molecule has 2 fully saturated rings. The molecule has 2 unspecified atom stereocenters. The number of rotatable bonds is 5. The van der Waals surface area contributed by atoms with E-state index in [4.69, 9.17) is 4.74 Å². The van der Waals surface area contributed by atoms with Gasteiger partial charge in [0.15, 0.2) is 0 Å². The number of nitrogens with zero attached hydrogens (tertiary/aromatic N) is 1. The number of piperidine rings is 1. The Morgan fingerprint density at radius 3 is 2.67 bits per heavy atom. The zero-order chi connectivity index (χ0) is 15.2. The Kier molecular flexibility index (Phi) is 5.85. The first-order valence-electron chi connectivity index (χ1n) is 7.97. The van der Waals surface area contributed by atoms with Crippen LogP contribution < -0.4 is 5.32 Å². The van der Waals surface area contributed by atoms with Gasteiger partial charge in [-0.05, 0) is 31.6 Å². The molecule has 0 aromatic carbocycles. The highest BCUT2D eigenvalue weighted by Gasteiger charge is 2.34. The summed E-state index contributed by atoms with van der Waals surface area (Å²) in [5, 5.41) is 12.0. The number of carboxylic acids is 1. The number of hydrogen-bond donors (Lipinski definition) is 2. The van der Waals surface area contributed by atoms with Gasteiger partial charge in [-0.2, -0.15) is 0 Å². The molecule has 2 rings (SSSR count). The van der Waals surface area contributed by atoms with Crippen molar-refractivity contribution in [2.75, 3.05) is 19.7 Å². The summed E-state index contributed by atoms with van der Waals surface area (Å²) in [6, 6.07) is -0.992. The first-order valence-corrected chi connectivity index (χ1v) is 7.97. The fourth-order valence-electron chi connectivity index (χ4n) is 3.16. The van der Waals surface area contributed by atoms with E-state index in [1.807, 2.05) is 6.92 Å². The first-order chi connectivity index (χ1) is 10.1. The summed E-state index contributed by atoms with van der Waals surface area (Å²) in [7, 11) is 0. The maximum Gasteiger partial charge on any atom is 0.326 e. The summed E-state index contributed by atoms with van der Waals surface area (Å²) in [5.74, 6) is -0.570. The van der Waals surface area contributed by atoms with E-state index in [0.717, 1.165) is 19.3 Å². The molecule has 2 amide bonds. The van der Waals surface area contributed by atoms with E-state index in [9.17, 15) is 14.7 Å². The van der Waals surface area contributed by atoms with Crippen LogP contribution in [0.4, 0.5) is 4.79 Å². The third kappa shape index (κ3) is 4.59. The molecule has 1 aliphatic heterocycles. The van der Waals surface area contributed by atoms with Gasteiger partial charge in [0.1, 0.15) is 6.04 Å². The maximum atomic E-state index is 12.1. The summed E-state index contributed by atoms with van der Waals surface area (Å²) in [5.41, 5.74) is 0. The molecule has 0 radical (unpaired) electrons. The average molecular weight is 298 g/mol. The van der Waals surface area contributed by atoms with Crippen molar-refractivity contribution in [3.8, 4) is 0 Å². The Hall–Kier alpha value is -1.30. The van der Waals surface area contributed by atoms with Crippen molar-refractivity contribution in [1.29, 1.82) is 0 Å². The van der Waals surface area contributed by atoms with Crippen LogP contribution in [0, 0.1) is 5.92 Å². The monoisotopic (exact) mass is 298 g/mol. The second-order valence-electron chi connectivity index (χ2n) is 6.19. The highest BCUT2D eigenvalue weighted by molar-refractivity contribution is 5.82. The van der Waals surface area contributed by atoms with Gasteiger partial charge in [-0.25, -0.2) is 9.59 Å². The van der Waals surface area contributed by atoms with Gasteiger partial charge in [0.05, 0.1) is 12.7 Å². The van der Waals surface area contributed by atoms with Crippen LogP contribution in [-0.2, 0) is 9.53 Å². The van der Waals surface area contributed by atoms with Crippen LogP contribution in [0.15, 0.2) is 0 Å². The Morgan fingerprint density at radius 2 is 2.00 bits per heavy atom. The summed E-state index contributed by atoms with van der Waals surface area (Å²) in [6.07, 6.45) is 6.39. The standard InChI is InChI=1S/C15H26N2O4/c1-11-6-8-17(13(10-11)14(18)19)15(20)16-7-9-21-12-4-2-3-5-12/h11-13H,2-10H2,1H3,(H,16,20)(H,18,19). The highest BCUT2D eigenvalue weighted by atomic mass is 16.5. The molecule has 1 saturated carbocycles. The lowest BCUT2D eigenvalue weighted by Gasteiger charge is -2.35. The molecular weight excluding hydrogens is 272 g/mol. The van der Waals surface area contributed by atoms with E-state index in [1.165, 1.54) is 17.7 Å². The molecule has 1 saturated heterocycles. The molecule has 6 nitrogen and oxygen atoms in total. The van der Waals surface area contributed by atoms with Crippen molar-refractivity contribution in [2.24, 2.45) is 5.92 Å². The van der Waals surface area contributed by atoms with E-state index in [-0.39, 0.29) is 6.03 Å². The third-order valence-electron chi connectivity index (χ3n) is 4.44. The highest BCUT2D eigenvalue weighted by Crippen LogP contribution is 2.23. The summed E-state index contributed by atoms with van der Waals surface area (Å²) >= 11 is 0. The second-order valence-corrected chi connectivity index (χ2v) is 6.19. The van der Waals surface area contributed by atoms with Crippen LogP contribution >= 0.6 is 0 Å². The molecule has 120 valence electrons. The van der Waals surface area contributed by atoms with Gasteiger partial charge in [0, 0.05) is 13.1 Å². The topological polar surface area (TPSA) is 78.9 Å². The first kappa shape index (κ1) is 16.1. The molecule has 2 aliphatic rings. The van der Waals surface area contributed by atoms with Crippen molar-refractivity contribution in [2.45, 2.75) is 57.6 Å². The van der Waals surface area contributed by atoms with Crippen LogP contribution in [0.1, 0.15) is 45.4 Å². The molecule has 6 heteroatoms. The summed E-state index contributed by atoms with van der Waals surface area (Å²) in [6.45, 7) is 3.47. The predicted octanol–water partition coefficient (Wildman–Crippen LogP) is 1.84. The number of ether oxygens (including phenoxy) is 1. The van der Waals surface area contributed by atoms with E-state index in [2.05, 4.69) is 5.32 Å². The third-order valence-corrected chi connectivity index (χ3v) is 4.44. The Bertz CT molecular complexity index is 369. The summed E-state index contributed by atoms with van der Waals surface area (Å²) in [4.78, 5) is 24.8. The van der Waals surface area contributed by atoms with Gasteiger partial charge in [0.2, 0.25) is 0 Å². The Labute approximate surface area is 125 Å². The lowest BCUT2D eigenvalue weighted by atomic mass is 9.93. The number of likely N-dealkylation sites (tertiary alicyclic amines) is 1. The van der Waals surface area contributed by atoms with E-state index >= 15 is 0 Å². The van der Waals surface area contributed by atoms with Gasteiger partial charge >= 0.3 is 12.0 Å². The quantitative estimate of drug-likeness (QED) is 0.759. The van der Waals surface area contributed by atoms with Gasteiger partial charge in [0.25, 0.3) is 0 Å². The fraction of sp³-hybridized carbons (Fsp3) is 0.867. The Balaban J connectivity index is 1.71. The van der Waals surface area contributed by atoms with Crippen LogP contribution in [0.3, 0.4) is 0 Å². The number of amides is 2. The second kappa shape index (κ2) is 7.64. The number of hydrogen-bond acceptors (Lipinski definition) is 3. The number of urea groups is 1. The lowest BCUT2D eigenvalue weighted by Crippen LogP contribution is -2.53. The molecule has 0 bridgehead atoms. The van der Waals surface area contributed by atoms with Crippen molar-refractivity contribution in [3.63, 3.8) is 0 Å². The van der Waals surface area contributed by atoms with Crippen molar-refractivity contribution in [1.82, 2.24) is 10.2 Å². The molecule has 0 spiro atoms. The molecule has 0 aromatic rings. The smallest absolute Gasteiger partial charge is 0.326 e. The van der Waals surface area contributed by atoms with Crippen molar-refractivity contribution >= 4 is 12.0 Å². The fourth-order valence-corrected chi connectivity index (χ4v) is 3.16. The largest absolute Gasteiger partial charge is 0.480 e. The van der Waals surface area contributed by atoms with E-state index < -0.39 is 12.0 Å². The van der Waals surface area contributed by atoms with Gasteiger partial charge in [-0.15, -0.1) is 0 Å². The number of carbonyl (C=O) groups is 2. The van der Waals surface area contributed by atoms with Crippen LogP contribution in [0.5, 0.6) is 0 Å². The van der Waals surface area contributed by atoms with Gasteiger partial charge in [-0.1, -0.05) is 19.8 Å². The minimum atomic E-state index is -0.918. The molecular formula is C15H26N2O4. The SMILES string of the molecule is CC1CCN(C(=O)NCCOC2CCCC2)C(C(=O)O)C1. The molecule has 0 aromatic heterocycles. The lowest BCUT2D eigenvalue weighted by molar-refractivity contribution is -0.143. The Morgan fingerprint density at radius 1 is 1.29 bits per heavy atom. The molecule has 2 atom stereocenters. The van der Waals surface area contributed by atoms with Gasteiger partial charge < -0.3 is 20.1 Å². The van der Waals surface area contributed by atoms with Crippen LogP contribution in [0.25, 0.3) is 0 Å². The number of carboxylic acid groups (broad SMARTS) is 1. The van der Waals surface area contributed by atoms with Crippen LogP contribution in [0.2, 0.25) is 0 Å². The number of aliphatic carboxylic acids is 1. The van der Waals surface area contributed by atoms with Crippen molar-refractivity contribution < 1.29 is 19.4 Å². The zero-order valence-corrected chi connectivity index (χ0v) is 12.7. The van der Waals surface area contributed by atoms with E-state index in [1.54, 1.807) is 0 Å². The summed E-state index contributed by atoms with van der Waals surface area (Å²) < 4.78 is 5.68. The normalized spacial score (nSPS) is 26.8. The van der Waals surface area contributed by atoms with Crippen molar-refractivity contribution in [3.05, 3.63) is 0 Å². The minimum Gasteiger partial charge on any atom is -0.480 e. The molecule has 1 aliphatic carbocycles. The average Bonchev–Trinajstić information content (AvgIpc) is 2.96. The number of carbonyl (C=O) groups excluding carboxylic acids is 1. The molecule has 21 heavy (non-hydrogen) atoms. The van der Waals surface area contributed by atoms with Gasteiger partial charge in [-0.3, -0.25) is 0 Å². The maximum absolute atomic E-state index is 12.1. The molecule has 1 heterocycles.